The Bertz CT molecular complexity index is 942. The first-order valence-corrected chi connectivity index (χ1v) is 9.04. The lowest BCUT2D eigenvalue weighted by atomic mass is 10.1. The molecule has 30 heavy (non-hydrogen) atoms. The Morgan fingerprint density at radius 2 is 1.67 bits per heavy atom. The van der Waals surface area contributed by atoms with Crippen molar-refractivity contribution in [2.45, 2.75) is 32.9 Å². The van der Waals surface area contributed by atoms with E-state index in [1.807, 2.05) is 26.0 Å². The van der Waals surface area contributed by atoms with E-state index >= 15 is 0 Å². The number of hydrogen-bond acceptors (Lipinski definition) is 4. The summed E-state index contributed by atoms with van der Waals surface area (Å²) in [4.78, 5) is 35.5. The van der Waals surface area contributed by atoms with Crippen LogP contribution in [0.25, 0.3) is 0 Å². The van der Waals surface area contributed by atoms with E-state index in [0.717, 1.165) is 23.3 Å². The third kappa shape index (κ3) is 7.23. The summed E-state index contributed by atoms with van der Waals surface area (Å²) < 4.78 is 42.9. The molecule has 2 amide bonds. The number of anilines is 2. The number of halogens is 3. The highest BCUT2D eigenvalue weighted by Crippen LogP contribution is 2.30. The number of benzene rings is 2. The van der Waals surface area contributed by atoms with E-state index in [2.05, 4.69) is 10.6 Å². The lowest BCUT2D eigenvalue weighted by Gasteiger charge is -2.10. The second kappa shape index (κ2) is 9.91. The molecule has 0 bridgehead atoms. The zero-order valence-corrected chi connectivity index (χ0v) is 16.4. The van der Waals surface area contributed by atoms with Crippen molar-refractivity contribution >= 4 is 29.2 Å². The van der Waals surface area contributed by atoms with Crippen molar-refractivity contribution in [2.75, 3.05) is 17.2 Å². The maximum absolute atomic E-state index is 12.7. The number of carbonyl (C=O) groups excluding carboxylic acids is 3. The quantitative estimate of drug-likeness (QED) is 0.655. The molecule has 2 rings (SSSR count). The van der Waals surface area contributed by atoms with Gasteiger partial charge in [0.15, 0.2) is 6.61 Å². The molecule has 0 spiro atoms. The normalized spacial score (nSPS) is 11.0. The lowest BCUT2D eigenvalue weighted by molar-refractivity contribution is -0.147. The van der Waals surface area contributed by atoms with Crippen molar-refractivity contribution < 1.29 is 32.3 Å². The molecule has 0 saturated carbocycles. The summed E-state index contributed by atoms with van der Waals surface area (Å²) in [5.41, 5.74) is 1.58. The van der Waals surface area contributed by atoms with Gasteiger partial charge in [-0.1, -0.05) is 23.8 Å². The van der Waals surface area contributed by atoms with Crippen LogP contribution in [0.15, 0.2) is 42.5 Å². The van der Waals surface area contributed by atoms with Gasteiger partial charge in [-0.15, -0.1) is 0 Å². The van der Waals surface area contributed by atoms with Crippen LogP contribution in [0, 0.1) is 13.8 Å². The second-order valence-corrected chi connectivity index (χ2v) is 6.65. The van der Waals surface area contributed by atoms with E-state index in [4.69, 9.17) is 4.74 Å². The van der Waals surface area contributed by atoms with Crippen LogP contribution in [0.3, 0.4) is 0 Å². The van der Waals surface area contributed by atoms with Gasteiger partial charge in [0.1, 0.15) is 0 Å². The minimum Gasteiger partial charge on any atom is -0.456 e. The van der Waals surface area contributed by atoms with Gasteiger partial charge in [0.2, 0.25) is 5.91 Å². The SMILES string of the molecule is Cc1ccc(NC(=O)COC(=O)CCC(=O)Nc2cccc(C(F)(F)F)c2)c(C)c1. The van der Waals surface area contributed by atoms with Gasteiger partial charge < -0.3 is 15.4 Å². The number of ether oxygens (including phenoxy) is 1. The van der Waals surface area contributed by atoms with Gasteiger partial charge in [0, 0.05) is 17.8 Å². The zero-order valence-electron chi connectivity index (χ0n) is 16.4. The van der Waals surface area contributed by atoms with Gasteiger partial charge in [-0.3, -0.25) is 14.4 Å². The molecular formula is C21H21F3N2O4. The van der Waals surface area contributed by atoms with Crippen LogP contribution in [-0.2, 0) is 25.3 Å². The van der Waals surface area contributed by atoms with E-state index in [9.17, 15) is 27.6 Å². The van der Waals surface area contributed by atoms with Gasteiger partial charge in [0.25, 0.3) is 5.91 Å². The van der Waals surface area contributed by atoms with Crippen LogP contribution in [0.1, 0.15) is 29.5 Å². The average Bonchev–Trinajstić information content (AvgIpc) is 2.66. The molecule has 0 saturated heterocycles. The van der Waals surface area contributed by atoms with Crippen LogP contribution < -0.4 is 10.6 Å². The molecule has 0 aliphatic rings. The Labute approximate surface area is 171 Å². The Morgan fingerprint density at radius 1 is 0.933 bits per heavy atom. The molecule has 0 aromatic heterocycles. The predicted octanol–water partition coefficient (Wildman–Crippen LogP) is 4.22. The molecule has 0 unspecified atom stereocenters. The molecule has 2 aromatic rings. The number of amides is 2. The highest BCUT2D eigenvalue weighted by atomic mass is 19.4. The molecule has 6 nitrogen and oxygen atoms in total. The van der Waals surface area contributed by atoms with Crippen molar-refractivity contribution in [1.29, 1.82) is 0 Å². The topological polar surface area (TPSA) is 84.5 Å². The standard InChI is InChI=1S/C21H21F3N2O4/c1-13-6-7-17(14(2)10-13)26-19(28)12-30-20(29)9-8-18(27)25-16-5-3-4-15(11-16)21(22,23)24/h3-7,10-11H,8-9,12H2,1-2H3,(H,25,27)(H,26,28). The molecule has 2 aromatic carbocycles. The number of rotatable bonds is 7. The van der Waals surface area contributed by atoms with Crippen LogP contribution in [0.4, 0.5) is 24.5 Å². The maximum atomic E-state index is 12.7. The van der Waals surface area contributed by atoms with E-state index in [1.54, 1.807) is 6.07 Å². The van der Waals surface area contributed by atoms with Gasteiger partial charge >= 0.3 is 12.1 Å². The molecule has 0 fully saturated rings. The monoisotopic (exact) mass is 422 g/mol. The largest absolute Gasteiger partial charge is 0.456 e. The van der Waals surface area contributed by atoms with E-state index < -0.39 is 36.1 Å². The number of nitrogens with one attached hydrogen (secondary N) is 2. The summed E-state index contributed by atoms with van der Waals surface area (Å²) in [5, 5.41) is 4.91. The molecule has 0 atom stereocenters. The minimum atomic E-state index is -4.53. The molecule has 2 N–H and O–H groups in total. The first-order valence-electron chi connectivity index (χ1n) is 9.04. The summed E-state index contributed by atoms with van der Waals surface area (Å²) >= 11 is 0. The average molecular weight is 422 g/mol. The van der Waals surface area contributed by atoms with E-state index in [-0.39, 0.29) is 18.5 Å². The summed E-state index contributed by atoms with van der Waals surface area (Å²) in [6.07, 6.45) is -5.14. The highest BCUT2D eigenvalue weighted by molar-refractivity contribution is 5.94. The van der Waals surface area contributed by atoms with Gasteiger partial charge in [-0.05, 0) is 43.7 Å². The van der Waals surface area contributed by atoms with Crippen LogP contribution in [-0.4, -0.2) is 24.4 Å². The third-order valence-electron chi connectivity index (χ3n) is 4.05. The number of hydrogen-bond donors (Lipinski definition) is 2. The van der Waals surface area contributed by atoms with Crippen molar-refractivity contribution in [2.24, 2.45) is 0 Å². The number of alkyl halides is 3. The Kier molecular flexibility index (Phi) is 7.57. The fourth-order valence-electron chi connectivity index (χ4n) is 2.57. The van der Waals surface area contributed by atoms with Gasteiger partial charge in [-0.25, -0.2) is 0 Å². The summed E-state index contributed by atoms with van der Waals surface area (Å²) in [6.45, 7) is 3.24. The number of aryl methyl sites for hydroxylation is 2. The summed E-state index contributed by atoms with van der Waals surface area (Å²) in [7, 11) is 0. The Balaban J connectivity index is 1.75. The third-order valence-corrected chi connectivity index (χ3v) is 4.05. The van der Waals surface area contributed by atoms with Gasteiger partial charge in [-0.2, -0.15) is 13.2 Å². The summed E-state index contributed by atoms with van der Waals surface area (Å²) in [5.74, 6) is -1.94. The Hall–Kier alpha value is -3.36. The predicted molar refractivity (Wildman–Crippen MR) is 105 cm³/mol. The zero-order chi connectivity index (χ0) is 22.3. The second-order valence-electron chi connectivity index (χ2n) is 6.65. The first kappa shape index (κ1) is 22.9. The van der Waals surface area contributed by atoms with Crippen LogP contribution in [0.2, 0.25) is 0 Å². The van der Waals surface area contributed by atoms with Crippen molar-refractivity contribution in [3.05, 3.63) is 59.2 Å². The smallest absolute Gasteiger partial charge is 0.416 e. The molecule has 0 radical (unpaired) electrons. The maximum Gasteiger partial charge on any atom is 0.416 e. The molecule has 0 aliphatic heterocycles. The van der Waals surface area contributed by atoms with Crippen molar-refractivity contribution in [3.63, 3.8) is 0 Å². The number of carbonyl (C=O) groups is 3. The highest BCUT2D eigenvalue weighted by Gasteiger charge is 2.30. The van der Waals surface area contributed by atoms with Gasteiger partial charge in [0.05, 0.1) is 12.0 Å². The van der Waals surface area contributed by atoms with E-state index in [1.165, 1.54) is 12.1 Å². The first-order chi connectivity index (χ1) is 14.0. The Morgan fingerprint density at radius 3 is 2.33 bits per heavy atom. The van der Waals surface area contributed by atoms with Crippen molar-refractivity contribution in [1.82, 2.24) is 0 Å². The fraction of sp³-hybridized carbons (Fsp3) is 0.286. The van der Waals surface area contributed by atoms with Crippen LogP contribution in [0.5, 0.6) is 0 Å². The number of esters is 1. The minimum absolute atomic E-state index is 0.0314. The lowest BCUT2D eigenvalue weighted by Crippen LogP contribution is -2.22. The van der Waals surface area contributed by atoms with E-state index in [0.29, 0.717) is 5.69 Å². The molecule has 160 valence electrons. The van der Waals surface area contributed by atoms with Crippen LogP contribution >= 0.6 is 0 Å². The van der Waals surface area contributed by atoms with Crippen molar-refractivity contribution in [3.8, 4) is 0 Å². The molecular weight excluding hydrogens is 401 g/mol. The molecule has 9 heteroatoms. The fourth-order valence-corrected chi connectivity index (χ4v) is 2.57. The molecule has 0 heterocycles. The molecule has 0 aliphatic carbocycles. The summed E-state index contributed by atoms with van der Waals surface area (Å²) in [6, 6.07) is 9.62.